The number of hydrogen-bond donors (Lipinski definition) is 1. The zero-order valence-electron chi connectivity index (χ0n) is 13.7. The first-order valence-electron chi connectivity index (χ1n) is 7.99. The molecule has 1 aromatic heterocycles. The molecule has 0 saturated carbocycles. The predicted molar refractivity (Wildman–Crippen MR) is 93.9 cm³/mol. The van der Waals surface area contributed by atoms with E-state index < -0.39 is 0 Å². The molecule has 3 rings (SSSR count). The maximum Gasteiger partial charge on any atom is 0.409 e. The Hall–Kier alpha value is -2.61. The van der Waals surface area contributed by atoms with E-state index in [9.17, 15) is 14.4 Å². The van der Waals surface area contributed by atoms with Gasteiger partial charge < -0.3 is 19.7 Å². The topological polar surface area (TPSA) is 84.9 Å². The summed E-state index contributed by atoms with van der Waals surface area (Å²) in [6.07, 6.45) is -0.177. The highest BCUT2D eigenvalue weighted by molar-refractivity contribution is 7.20. The number of fused-ring (bicyclic) bond motifs is 1. The summed E-state index contributed by atoms with van der Waals surface area (Å²) < 4.78 is 10.8. The van der Waals surface area contributed by atoms with Crippen LogP contribution < -0.4 is 5.32 Å². The van der Waals surface area contributed by atoms with Crippen LogP contribution in [0.1, 0.15) is 23.0 Å². The van der Waals surface area contributed by atoms with Gasteiger partial charge in [-0.1, -0.05) is 0 Å². The molecule has 0 radical (unpaired) electrons. The van der Waals surface area contributed by atoms with Gasteiger partial charge in [0.1, 0.15) is 11.5 Å². The lowest BCUT2D eigenvalue weighted by Crippen LogP contribution is -2.28. The van der Waals surface area contributed by atoms with Crippen molar-refractivity contribution >= 4 is 45.1 Å². The summed E-state index contributed by atoms with van der Waals surface area (Å²) in [7, 11) is 0. The zero-order valence-corrected chi connectivity index (χ0v) is 14.6. The number of cyclic esters (lactones) is 1. The second-order valence-electron chi connectivity index (χ2n) is 5.48. The van der Waals surface area contributed by atoms with Crippen molar-refractivity contribution in [1.82, 2.24) is 4.90 Å². The van der Waals surface area contributed by atoms with E-state index in [1.54, 1.807) is 19.1 Å². The molecule has 25 heavy (non-hydrogen) atoms. The Labute approximate surface area is 148 Å². The van der Waals surface area contributed by atoms with Crippen LogP contribution in [0, 0.1) is 0 Å². The number of hydrogen-bond acceptors (Lipinski definition) is 6. The maximum atomic E-state index is 12.0. The summed E-state index contributed by atoms with van der Waals surface area (Å²) in [4.78, 5) is 37.2. The van der Waals surface area contributed by atoms with Gasteiger partial charge in [0.2, 0.25) is 5.91 Å². The normalized spacial score (nSPS) is 13.8. The van der Waals surface area contributed by atoms with Crippen LogP contribution >= 0.6 is 11.3 Å². The van der Waals surface area contributed by atoms with E-state index in [1.807, 2.05) is 12.1 Å². The highest BCUT2D eigenvalue weighted by Crippen LogP contribution is 2.28. The Kier molecular flexibility index (Phi) is 5.18. The minimum atomic E-state index is -0.376. The van der Waals surface area contributed by atoms with E-state index in [0.29, 0.717) is 36.9 Å². The molecular formula is C17H18N2O5S. The fraction of sp³-hybridized carbons (Fsp3) is 0.353. The van der Waals surface area contributed by atoms with Gasteiger partial charge >= 0.3 is 12.1 Å². The van der Waals surface area contributed by atoms with Gasteiger partial charge in [-0.05, 0) is 36.6 Å². The van der Waals surface area contributed by atoms with Crippen LogP contribution in [0.3, 0.4) is 0 Å². The smallest absolute Gasteiger partial charge is 0.409 e. The van der Waals surface area contributed by atoms with Crippen molar-refractivity contribution in [1.29, 1.82) is 0 Å². The van der Waals surface area contributed by atoms with Crippen molar-refractivity contribution in [3.05, 3.63) is 29.1 Å². The Morgan fingerprint density at radius 3 is 2.92 bits per heavy atom. The van der Waals surface area contributed by atoms with Crippen LogP contribution in [0.15, 0.2) is 24.3 Å². The van der Waals surface area contributed by atoms with Crippen LogP contribution in [0.5, 0.6) is 0 Å². The van der Waals surface area contributed by atoms with Crippen molar-refractivity contribution in [2.75, 3.05) is 31.6 Å². The zero-order chi connectivity index (χ0) is 17.8. The van der Waals surface area contributed by atoms with Crippen LogP contribution in [0.4, 0.5) is 10.5 Å². The summed E-state index contributed by atoms with van der Waals surface area (Å²) >= 11 is 1.35. The third kappa shape index (κ3) is 4.08. The molecular weight excluding hydrogens is 344 g/mol. The molecule has 2 aromatic rings. The molecule has 2 amide bonds. The fourth-order valence-electron chi connectivity index (χ4n) is 2.51. The number of nitrogens with one attached hydrogen (secondary N) is 1. The number of esters is 1. The molecule has 1 aliphatic heterocycles. The molecule has 1 fully saturated rings. The van der Waals surface area contributed by atoms with E-state index in [4.69, 9.17) is 9.47 Å². The van der Waals surface area contributed by atoms with E-state index in [1.165, 1.54) is 16.2 Å². The number of ether oxygens (including phenoxy) is 2. The average Bonchev–Trinajstić information content (AvgIpc) is 3.18. The summed E-state index contributed by atoms with van der Waals surface area (Å²) in [5.41, 5.74) is 0.648. The van der Waals surface area contributed by atoms with Gasteiger partial charge in [0, 0.05) is 23.4 Å². The largest absolute Gasteiger partial charge is 0.462 e. The molecule has 1 aromatic carbocycles. The van der Waals surface area contributed by atoms with Gasteiger partial charge in [-0.3, -0.25) is 4.79 Å². The lowest BCUT2D eigenvalue weighted by atomic mass is 10.2. The quantitative estimate of drug-likeness (QED) is 0.799. The summed E-state index contributed by atoms with van der Waals surface area (Å²) in [5.74, 6) is -0.522. The summed E-state index contributed by atoms with van der Waals surface area (Å²) in [5, 5.41) is 3.68. The van der Waals surface area contributed by atoms with Crippen LogP contribution in [0.2, 0.25) is 0 Å². The number of nitrogens with zero attached hydrogens (tertiary/aromatic N) is 1. The van der Waals surface area contributed by atoms with Gasteiger partial charge in [-0.2, -0.15) is 0 Å². The molecule has 2 heterocycles. The first kappa shape index (κ1) is 17.2. The number of amides is 2. The molecule has 0 atom stereocenters. The van der Waals surface area contributed by atoms with E-state index in [-0.39, 0.29) is 24.4 Å². The molecule has 1 N–H and O–H groups in total. The highest BCUT2D eigenvalue weighted by Gasteiger charge is 2.22. The van der Waals surface area contributed by atoms with Crippen molar-refractivity contribution in [2.24, 2.45) is 0 Å². The van der Waals surface area contributed by atoms with Gasteiger partial charge in [0.05, 0.1) is 13.2 Å². The van der Waals surface area contributed by atoms with E-state index in [0.717, 1.165) is 10.1 Å². The Balaban J connectivity index is 1.62. The van der Waals surface area contributed by atoms with Gasteiger partial charge in [0.25, 0.3) is 0 Å². The molecule has 1 aliphatic rings. The van der Waals surface area contributed by atoms with Gasteiger partial charge in [0.15, 0.2) is 0 Å². The number of rotatable bonds is 6. The number of anilines is 1. The molecule has 7 nitrogen and oxygen atoms in total. The molecule has 8 heteroatoms. The standard InChI is InChI=1S/C17H18N2O5S/c1-2-23-16(21)14-10-11-9-12(3-4-13(11)25-14)18-15(20)5-6-19-7-8-24-17(19)22/h3-4,9-10H,2,5-8H2,1H3,(H,18,20). The third-order valence-corrected chi connectivity index (χ3v) is 4.83. The minimum Gasteiger partial charge on any atom is -0.462 e. The maximum absolute atomic E-state index is 12.0. The molecule has 0 unspecified atom stereocenters. The first-order chi connectivity index (χ1) is 12.1. The lowest BCUT2D eigenvalue weighted by molar-refractivity contribution is -0.116. The Morgan fingerprint density at radius 2 is 2.20 bits per heavy atom. The average molecular weight is 362 g/mol. The van der Waals surface area contributed by atoms with Crippen molar-refractivity contribution < 1.29 is 23.9 Å². The summed E-state index contributed by atoms with van der Waals surface area (Å²) in [6, 6.07) is 7.22. The van der Waals surface area contributed by atoms with Crippen LogP contribution in [0.25, 0.3) is 10.1 Å². The number of thiophene rings is 1. The Morgan fingerprint density at radius 1 is 1.36 bits per heavy atom. The molecule has 0 spiro atoms. The number of carbonyl (C=O) groups excluding carboxylic acids is 3. The predicted octanol–water partition coefficient (Wildman–Crippen LogP) is 2.86. The van der Waals surface area contributed by atoms with Crippen LogP contribution in [-0.4, -0.2) is 49.2 Å². The van der Waals surface area contributed by atoms with Crippen LogP contribution in [-0.2, 0) is 14.3 Å². The third-order valence-electron chi connectivity index (χ3n) is 3.73. The van der Waals surface area contributed by atoms with E-state index >= 15 is 0 Å². The number of benzene rings is 1. The highest BCUT2D eigenvalue weighted by atomic mass is 32.1. The molecule has 132 valence electrons. The summed E-state index contributed by atoms with van der Waals surface area (Å²) in [6.45, 7) is 3.32. The molecule has 0 bridgehead atoms. The van der Waals surface area contributed by atoms with Crippen molar-refractivity contribution in [3.63, 3.8) is 0 Å². The number of carbonyl (C=O) groups is 3. The van der Waals surface area contributed by atoms with Gasteiger partial charge in [-0.25, -0.2) is 9.59 Å². The fourth-order valence-corrected chi connectivity index (χ4v) is 3.45. The lowest BCUT2D eigenvalue weighted by Gasteiger charge is -2.12. The first-order valence-corrected chi connectivity index (χ1v) is 8.80. The van der Waals surface area contributed by atoms with Crippen molar-refractivity contribution in [3.8, 4) is 0 Å². The Bertz CT molecular complexity index is 816. The van der Waals surface area contributed by atoms with E-state index in [2.05, 4.69) is 5.32 Å². The molecule has 1 saturated heterocycles. The SMILES string of the molecule is CCOC(=O)c1cc2cc(NC(=O)CCN3CCOC3=O)ccc2s1. The van der Waals surface area contributed by atoms with Crippen molar-refractivity contribution in [2.45, 2.75) is 13.3 Å². The van der Waals surface area contributed by atoms with Gasteiger partial charge in [-0.15, -0.1) is 11.3 Å². The monoisotopic (exact) mass is 362 g/mol. The molecule has 0 aliphatic carbocycles. The second-order valence-corrected chi connectivity index (χ2v) is 6.57. The minimum absolute atomic E-state index is 0.181. The second kappa shape index (κ2) is 7.52.